The molecule has 0 aliphatic carbocycles. The number of hydrogen-bond donors (Lipinski definition) is 0. The summed E-state index contributed by atoms with van der Waals surface area (Å²) < 4.78 is 31.8. The van der Waals surface area contributed by atoms with Crippen LogP contribution in [0.2, 0.25) is 45.8 Å². The van der Waals surface area contributed by atoms with Crippen LogP contribution in [0.4, 0.5) is 0 Å². The highest BCUT2D eigenvalue weighted by Crippen LogP contribution is 2.45. The first kappa shape index (κ1) is 35.5. The van der Waals surface area contributed by atoms with E-state index in [0.29, 0.717) is 53.1 Å². The summed E-state index contributed by atoms with van der Waals surface area (Å²) in [4.78, 5) is 0. The molecule has 8 heteroatoms. The smallest absolute Gasteiger partial charge is 0.334 e. The standard InChI is InChI=1S/C27H62O5Si3/c1-21(2)34(22(3)4,23(5)6)31-20-27(19-30-17-16-18-33(15,28-13)29-14)32-35(24(7)8,25(9)10)26(11)12/h21-27H,16-20H2,1-15H3. The maximum absolute atomic E-state index is 7.22. The molecule has 1 unspecified atom stereocenters. The molecule has 0 aromatic heterocycles. The van der Waals surface area contributed by atoms with Crippen LogP contribution in [-0.2, 0) is 22.4 Å². The molecule has 1 atom stereocenters. The van der Waals surface area contributed by atoms with Crippen LogP contribution >= 0.6 is 0 Å². The quantitative estimate of drug-likeness (QED) is 0.119. The molecule has 0 aliphatic heterocycles. The molecule has 0 radical (unpaired) electrons. The lowest BCUT2D eigenvalue weighted by Crippen LogP contribution is -2.54. The van der Waals surface area contributed by atoms with Gasteiger partial charge in [0.05, 0.1) is 19.3 Å². The largest absolute Gasteiger partial charge is 0.413 e. The molecule has 0 saturated carbocycles. The van der Waals surface area contributed by atoms with Crippen LogP contribution in [0.1, 0.15) is 89.5 Å². The molecule has 0 fully saturated rings. The van der Waals surface area contributed by atoms with Gasteiger partial charge in [-0.25, -0.2) is 0 Å². The summed E-state index contributed by atoms with van der Waals surface area (Å²) in [6.45, 7) is 32.2. The number of rotatable bonds is 19. The summed E-state index contributed by atoms with van der Waals surface area (Å²) in [5.74, 6) is 0. The van der Waals surface area contributed by atoms with Crippen LogP contribution in [0.5, 0.6) is 0 Å². The Balaban J connectivity index is 5.72. The summed E-state index contributed by atoms with van der Waals surface area (Å²) in [6, 6.07) is 0.925. The fourth-order valence-corrected chi connectivity index (χ4v) is 18.9. The fraction of sp³-hybridized carbons (Fsp3) is 1.00. The van der Waals surface area contributed by atoms with E-state index in [1.165, 1.54) is 0 Å². The third kappa shape index (κ3) is 9.30. The average Bonchev–Trinajstić information content (AvgIpc) is 2.75. The van der Waals surface area contributed by atoms with Crippen LogP contribution in [0, 0.1) is 0 Å². The summed E-state index contributed by atoms with van der Waals surface area (Å²) in [7, 11) is -2.60. The van der Waals surface area contributed by atoms with Crippen molar-refractivity contribution in [3.63, 3.8) is 0 Å². The molecule has 0 amide bonds. The minimum atomic E-state index is -2.06. The lowest BCUT2D eigenvalue weighted by Gasteiger charge is -2.46. The van der Waals surface area contributed by atoms with Gasteiger partial charge in [0.15, 0.2) is 8.32 Å². The van der Waals surface area contributed by atoms with Gasteiger partial charge < -0.3 is 22.4 Å². The second-order valence-electron chi connectivity index (χ2n) is 12.4. The Morgan fingerprint density at radius 3 is 1.31 bits per heavy atom. The van der Waals surface area contributed by atoms with E-state index in [0.717, 1.165) is 12.5 Å². The van der Waals surface area contributed by atoms with Gasteiger partial charge in [-0.3, -0.25) is 0 Å². The molecule has 0 aliphatic rings. The van der Waals surface area contributed by atoms with Crippen LogP contribution in [0.25, 0.3) is 0 Å². The molecule has 0 bridgehead atoms. The maximum Gasteiger partial charge on any atom is 0.334 e. The highest BCUT2D eigenvalue weighted by Gasteiger charge is 2.49. The van der Waals surface area contributed by atoms with Crippen molar-refractivity contribution in [3.05, 3.63) is 0 Å². The van der Waals surface area contributed by atoms with E-state index in [-0.39, 0.29) is 6.10 Å². The van der Waals surface area contributed by atoms with Crippen LogP contribution in [0.15, 0.2) is 0 Å². The fourth-order valence-electron chi connectivity index (χ4n) is 6.55. The van der Waals surface area contributed by atoms with E-state index in [2.05, 4.69) is 89.6 Å². The Bertz CT molecular complexity index is 519. The maximum atomic E-state index is 7.22. The molecular weight excluding hydrogens is 489 g/mol. The van der Waals surface area contributed by atoms with E-state index in [4.69, 9.17) is 22.4 Å². The number of ether oxygens (including phenoxy) is 1. The molecule has 0 rings (SSSR count). The highest BCUT2D eigenvalue weighted by molar-refractivity contribution is 6.78. The summed E-state index contributed by atoms with van der Waals surface area (Å²) in [6.07, 6.45) is 0.896. The van der Waals surface area contributed by atoms with Crippen molar-refractivity contribution in [1.29, 1.82) is 0 Å². The van der Waals surface area contributed by atoms with Gasteiger partial charge in [-0.1, -0.05) is 83.1 Å². The molecule has 0 spiro atoms. The molecular formula is C27H62O5Si3. The minimum absolute atomic E-state index is 0.0366. The van der Waals surface area contributed by atoms with E-state index >= 15 is 0 Å². The minimum Gasteiger partial charge on any atom is -0.413 e. The zero-order chi connectivity index (χ0) is 27.6. The normalized spacial score (nSPS) is 15.0. The van der Waals surface area contributed by atoms with Crippen LogP contribution < -0.4 is 0 Å². The van der Waals surface area contributed by atoms with Gasteiger partial charge in [-0.05, 0) is 52.3 Å². The molecule has 5 nitrogen and oxygen atoms in total. The zero-order valence-electron chi connectivity index (χ0n) is 26.1. The monoisotopic (exact) mass is 550 g/mol. The van der Waals surface area contributed by atoms with Crippen molar-refractivity contribution in [3.8, 4) is 0 Å². The predicted octanol–water partition coefficient (Wildman–Crippen LogP) is 8.51. The average molecular weight is 551 g/mol. The van der Waals surface area contributed by atoms with Crippen molar-refractivity contribution >= 4 is 25.2 Å². The Kier molecular flexibility index (Phi) is 16.0. The topological polar surface area (TPSA) is 46.2 Å². The third-order valence-electron chi connectivity index (χ3n) is 8.39. The highest BCUT2D eigenvalue weighted by atomic mass is 28.4. The molecule has 0 heterocycles. The van der Waals surface area contributed by atoms with Gasteiger partial charge in [0.2, 0.25) is 8.32 Å². The van der Waals surface area contributed by atoms with Gasteiger partial charge >= 0.3 is 8.56 Å². The van der Waals surface area contributed by atoms with Gasteiger partial charge in [-0.2, -0.15) is 0 Å². The third-order valence-corrected chi connectivity index (χ3v) is 23.6. The van der Waals surface area contributed by atoms with Crippen molar-refractivity contribution in [2.24, 2.45) is 0 Å². The van der Waals surface area contributed by atoms with Crippen molar-refractivity contribution in [2.75, 3.05) is 34.0 Å². The van der Waals surface area contributed by atoms with Gasteiger partial charge in [0.1, 0.15) is 0 Å². The van der Waals surface area contributed by atoms with Crippen molar-refractivity contribution in [1.82, 2.24) is 0 Å². The molecule has 212 valence electrons. The molecule has 0 aromatic carbocycles. The Labute approximate surface area is 222 Å². The SMILES string of the molecule is CO[Si](C)(CCCOCC(CO[Si](C(C)C)(C(C)C)C(C)C)O[Si](C(C)C)(C(C)C)C(C)C)OC. The Hall–Kier alpha value is 0.451. The molecule has 0 saturated heterocycles. The summed E-state index contributed by atoms with van der Waals surface area (Å²) >= 11 is 0. The van der Waals surface area contributed by atoms with E-state index in [1.807, 2.05) is 0 Å². The first-order valence-electron chi connectivity index (χ1n) is 14.1. The van der Waals surface area contributed by atoms with Crippen molar-refractivity contribution in [2.45, 2.75) is 141 Å². The Morgan fingerprint density at radius 1 is 0.571 bits per heavy atom. The van der Waals surface area contributed by atoms with Crippen molar-refractivity contribution < 1.29 is 22.4 Å². The molecule has 35 heavy (non-hydrogen) atoms. The zero-order valence-corrected chi connectivity index (χ0v) is 29.1. The number of hydrogen-bond acceptors (Lipinski definition) is 5. The van der Waals surface area contributed by atoms with Gasteiger partial charge in [-0.15, -0.1) is 0 Å². The van der Waals surface area contributed by atoms with Gasteiger partial charge in [0, 0.05) is 20.8 Å². The van der Waals surface area contributed by atoms with E-state index in [9.17, 15) is 0 Å². The van der Waals surface area contributed by atoms with E-state index in [1.54, 1.807) is 14.2 Å². The Morgan fingerprint density at radius 2 is 0.971 bits per heavy atom. The summed E-state index contributed by atoms with van der Waals surface area (Å²) in [5, 5.41) is 0. The second-order valence-corrected chi connectivity index (χ2v) is 26.9. The molecule has 0 aromatic rings. The van der Waals surface area contributed by atoms with Gasteiger partial charge in [0.25, 0.3) is 0 Å². The van der Waals surface area contributed by atoms with Crippen LogP contribution in [-0.4, -0.2) is 65.3 Å². The first-order chi connectivity index (χ1) is 16.1. The molecule has 0 N–H and O–H groups in total. The lowest BCUT2D eigenvalue weighted by molar-refractivity contribution is 0.0126. The van der Waals surface area contributed by atoms with Crippen LogP contribution in [0.3, 0.4) is 0 Å². The predicted molar refractivity (Wildman–Crippen MR) is 159 cm³/mol. The summed E-state index contributed by atoms with van der Waals surface area (Å²) in [5.41, 5.74) is 3.25. The lowest BCUT2D eigenvalue weighted by atomic mass is 10.4. The van der Waals surface area contributed by atoms with E-state index < -0.39 is 25.2 Å². The second kappa shape index (κ2) is 15.8. The first-order valence-corrected chi connectivity index (χ1v) is 20.9.